The number of hydrogen-bond donors (Lipinski definition) is 3. The van der Waals surface area contributed by atoms with E-state index >= 15 is 0 Å². The number of halogens is 2. The summed E-state index contributed by atoms with van der Waals surface area (Å²) in [5, 5.41) is 8.94. The summed E-state index contributed by atoms with van der Waals surface area (Å²) in [5.41, 5.74) is 0.902. The van der Waals surface area contributed by atoms with Crippen LogP contribution in [0, 0.1) is 5.82 Å². The van der Waals surface area contributed by atoms with Crippen LogP contribution in [0.2, 0.25) is 0 Å². The molecule has 2 aromatic rings. The largest absolute Gasteiger partial charge is 0.467 e. The number of amides is 1. The van der Waals surface area contributed by atoms with Crippen molar-refractivity contribution in [3.8, 4) is 0 Å². The Morgan fingerprint density at radius 2 is 2.04 bits per heavy atom. The SMILES string of the molecule is CCNC(=NCC(=O)NCc1ccco1)NCCc1cccc(F)c1.I. The van der Waals surface area contributed by atoms with Crippen LogP contribution in [-0.2, 0) is 17.8 Å². The van der Waals surface area contributed by atoms with Crippen LogP contribution >= 0.6 is 24.0 Å². The van der Waals surface area contributed by atoms with Gasteiger partial charge in [-0.05, 0) is 43.2 Å². The van der Waals surface area contributed by atoms with Gasteiger partial charge in [0.25, 0.3) is 0 Å². The average molecular weight is 474 g/mol. The second kappa shape index (κ2) is 12.3. The molecular weight excluding hydrogens is 450 g/mol. The van der Waals surface area contributed by atoms with Crippen molar-refractivity contribution in [2.75, 3.05) is 19.6 Å². The van der Waals surface area contributed by atoms with Gasteiger partial charge in [-0.1, -0.05) is 12.1 Å². The van der Waals surface area contributed by atoms with Crippen molar-refractivity contribution < 1.29 is 13.6 Å². The van der Waals surface area contributed by atoms with Gasteiger partial charge in [-0.3, -0.25) is 4.79 Å². The summed E-state index contributed by atoms with van der Waals surface area (Å²) < 4.78 is 18.3. The number of benzene rings is 1. The molecule has 0 saturated heterocycles. The molecule has 0 saturated carbocycles. The monoisotopic (exact) mass is 474 g/mol. The molecule has 1 amide bonds. The Morgan fingerprint density at radius 3 is 2.73 bits per heavy atom. The third kappa shape index (κ3) is 8.32. The number of nitrogens with zero attached hydrogens (tertiary/aromatic N) is 1. The Bertz CT molecular complexity index is 692. The number of hydrogen-bond acceptors (Lipinski definition) is 3. The highest BCUT2D eigenvalue weighted by molar-refractivity contribution is 14.0. The van der Waals surface area contributed by atoms with Gasteiger partial charge >= 0.3 is 0 Å². The van der Waals surface area contributed by atoms with E-state index in [1.54, 1.807) is 24.5 Å². The lowest BCUT2D eigenvalue weighted by Crippen LogP contribution is -2.39. The van der Waals surface area contributed by atoms with Gasteiger partial charge in [0.2, 0.25) is 5.91 Å². The third-order valence-corrected chi connectivity index (χ3v) is 3.36. The first-order valence-electron chi connectivity index (χ1n) is 8.23. The molecule has 0 bridgehead atoms. The van der Waals surface area contributed by atoms with Crippen LogP contribution in [0.4, 0.5) is 4.39 Å². The van der Waals surface area contributed by atoms with Gasteiger partial charge in [0.05, 0.1) is 12.8 Å². The Kier molecular flexibility index (Phi) is 10.4. The Labute approximate surface area is 169 Å². The van der Waals surface area contributed by atoms with Crippen LogP contribution in [0.15, 0.2) is 52.1 Å². The lowest BCUT2D eigenvalue weighted by molar-refractivity contribution is -0.119. The molecule has 8 heteroatoms. The van der Waals surface area contributed by atoms with E-state index < -0.39 is 0 Å². The summed E-state index contributed by atoms with van der Waals surface area (Å²) in [6, 6.07) is 10.1. The van der Waals surface area contributed by atoms with E-state index in [9.17, 15) is 9.18 Å². The Balaban J connectivity index is 0.00000338. The molecule has 3 N–H and O–H groups in total. The van der Waals surface area contributed by atoms with Crippen molar-refractivity contribution in [3.05, 3.63) is 59.8 Å². The van der Waals surface area contributed by atoms with Gasteiger partial charge in [0.15, 0.2) is 5.96 Å². The van der Waals surface area contributed by atoms with Crippen molar-refractivity contribution in [1.82, 2.24) is 16.0 Å². The lowest BCUT2D eigenvalue weighted by atomic mass is 10.1. The van der Waals surface area contributed by atoms with Crippen molar-refractivity contribution in [3.63, 3.8) is 0 Å². The first-order chi connectivity index (χ1) is 12.2. The first kappa shape index (κ1) is 21.9. The highest BCUT2D eigenvalue weighted by atomic mass is 127. The van der Waals surface area contributed by atoms with Crippen LogP contribution in [0.1, 0.15) is 18.2 Å². The predicted octanol–water partition coefficient (Wildman–Crippen LogP) is 2.45. The van der Waals surface area contributed by atoms with Crippen LogP contribution in [-0.4, -0.2) is 31.5 Å². The van der Waals surface area contributed by atoms with Crippen LogP contribution < -0.4 is 16.0 Å². The normalized spacial score (nSPS) is 10.8. The molecule has 0 unspecified atom stereocenters. The number of aliphatic imine (C=N–C) groups is 1. The molecule has 1 aromatic heterocycles. The number of rotatable bonds is 8. The molecular formula is C18H24FIN4O2. The smallest absolute Gasteiger partial charge is 0.242 e. The average Bonchev–Trinajstić information content (AvgIpc) is 3.11. The maximum absolute atomic E-state index is 13.2. The number of nitrogens with one attached hydrogen (secondary N) is 3. The molecule has 0 fully saturated rings. The number of furan rings is 1. The minimum atomic E-state index is -0.244. The fourth-order valence-corrected chi connectivity index (χ4v) is 2.17. The Morgan fingerprint density at radius 1 is 1.19 bits per heavy atom. The van der Waals surface area contributed by atoms with Crippen molar-refractivity contribution in [2.24, 2.45) is 4.99 Å². The molecule has 6 nitrogen and oxygen atoms in total. The maximum Gasteiger partial charge on any atom is 0.242 e. The van der Waals surface area contributed by atoms with E-state index in [-0.39, 0.29) is 42.2 Å². The number of carbonyl (C=O) groups excluding carboxylic acids is 1. The van der Waals surface area contributed by atoms with E-state index in [2.05, 4.69) is 20.9 Å². The maximum atomic E-state index is 13.2. The van der Waals surface area contributed by atoms with Gasteiger partial charge in [-0.15, -0.1) is 24.0 Å². The zero-order chi connectivity index (χ0) is 17.9. The summed E-state index contributed by atoms with van der Waals surface area (Å²) in [5.74, 6) is 0.801. The van der Waals surface area contributed by atoms with E-state index in [1.165, 1.54) is 12.1 Å². The Hall–Kier alpha value is -2.10. The fraction of sp³-hybridized carbons (Fsp3) is 0.333. The fourth-order valence-electron chi connectivity index (χ4n) is 2.17. The molecule has 1 heterocycles. The highest BCUT2D eigenvalue weighted by Gasteiger charge is 2.04. The standard InChI is InChI=1S/C18H23FN4O2.HI/c1-2-20-18(21-9-8-14-5-3-6-15(19)11-14)23-13-17(24)22-12-16-7-4-10-25-16;/h3-7,10-11H,2,8-9,12-13H2,1H3,(H,22,24)(H2,20,21,23);1H. The second-order valence-corrected chi connectivity index (χ2v) is 5.36. The van der Waals surface area contributed by atoms with Gasteiger partial charge in [0.1, 0.15) is 18.1 Å². The van der Waals surface area contributed by atoms with E-state index in [0.29, 0.717) is 37.8 Å². The molecule has 0 spiro atoms. The zero-order valence-corrected chi connectivity index (χ0v) is 17.0. The summed E-state index contributed by atoms with van der Waals surface area (Å²) >= 11 is 0. The molecule has 2 rings (SSSR count). The highest BCUT2D eigenvalue weighted by Crippen LogP contribution is 2.03. The molecule has 0 atom stereocenters. The third-order valence-electron chi connectivity index (χ3n) is 3.36. The van der Waals surface area contributed by atoms with Crippen molar-refractivity contribution >= 4 is 35.8 Å². The second-order valence-electron chi connectivity index (χ2n) is 5.36. The molecule has 26 heavy (non-hydrogen) atoms. The number of carbonyl (C=O) groups is 1. The van der Waals surface area contributed by atoms with E-state index in [0.717, 1.165) is 5.56 Å². The summed E-state index contributed by atoms with van der Waals surface area (Å²) in [7, 11) is 0. The number of guanidine groups is 1. The van der Waals surface area contributed by atoms with Gasteiger partial charge in [-0.25, -0.2) is 9.38 Å². The van der Waals surface area contributed by atoms with Crippen LogP contribution in [0.25, 0.3) is 0 Å². The van der Waals surface area contributed by atoms with Gasteiger partial charge in [-0.2, -0.15) is 0 Å². The van der Waals surface area contributed by atoms with Gasteiger partial charge in [0, 0.05) is 13.1 Å². The molecule has 0 aliphatic heterocycles. The van der Waals surface area contributed by atoms with E-state index in [1.807, 2.05) is 13.0 Å². The predicted molar refractivity (Wildman–Crippen MR) is 110 cm³/mol. The molecule has 1 aromatic carbocycles. The molecule has 0 radical (unpaired) electrons. The molecule has 142 valence electrons. The zero-order valence-electron chi connectivity index (χ0n) is 14.6. The summed E-state index contributed by atoms with van der Waals surface area (Å²) in [6.07, 6.45) is 2.22. The quantitative estimate of drug-likeness (QED) is 0.312. The summed E-state index contributed by atoms with van der Waals surface area (Å²) in [4.78, 5) is 16.1. The minimum absolute atomic E-state index is 0. The molecule has 0 aliphatic rings. The topological polar surface area (TPSA) is 78.7 Å². The summed E-state index contributed by atoms with van der Waals surface area (Å²) in [6.45, 7) is 3.56. The lowest BCUT2D eigenvalue weighted by Gasteiger charge is -2.11. The first-order valence-corrected chi connectivity index (χ1v) is 8.23. The van der Waals surface area contributed by atoms with Crippen molar-refractivity contribution in [2.45, 2.75) is 19.9 Å². The minimum Gasteiger partial charge on any atom is -0.467 e. The van der Waals surface area contributed by atoms with Crippen LogP contribution in [0.3, 0.4) is 0 Å². The molecule has 0 aliphatic carbocycles. The van der Waals surface area contributed by atoms with Crippen LogP contribution in [0.5, 0.6) is 0 Å². The van der Waals surface area contributed by atoms with Crippen molar-refractivity contribution in [1.29, 1.82) is 0 Å². The van der Waals surface area contributed by atoms with Gasteiger partial charge < -0.3 is 20.4 Å². The van der Waals surface area contributed by atoms with E-state index in [4.69, 9.17) is 4.42 Å².